The number of Topliss-reactive ketones (excluding diaryl/α,β-unsaturated/α-hetero) is 1. The SMILES string of the molecule is CC(=O)c1occc1/C=C/C(=O)OCC(F)(F)F. The Morgan fingerprint density at radius 1 is 1.44 bits per heavy atom. The molecule has 1 aromatic heterocycles. The second kappa shape index (κ2) is 5.52. The lowest BCUT2D eigenvalue weighted by atomic mass is 10.2. The number of rotatable bonds is 4. The molecule has 7 heteroatoms. The second-order valence-corrected chi connectivity index (χ2v) is 3.32. The van der Waals surface area contributed by atoms with Gasteiger partial charge in [-0.3, -0.25) is 4.79 Å². The third kappa shape index (κ3) is 4.44. The van der Waals surface area contributed by atoms with E-state index in [9.17, 15) is 22.8 Å². The summed E-state index contributed by atoms with van der Waals surface area (Å²) >= 11 is 0. The summed E-state index contributed by atoms with van der Waals surface area (Å²) in [7, 11) is 0. The van der Waals surface area contributed by atoms with Crippen LogP contribution in [0.4, 0.5) is 13.2 Å². The molecule has 0 spiro atoms. The molecule has 1 aromatic rings. The van der Waals surface area contributed by atoms with Gasteiger partial charge in [-0.25, -0.2) is 4.79 Å². The highest BCUT2D eigenvalue weighted by Crippen LogP contribution is 2.15. The van der Waals surface area contributed by atoms with Gasteiger partial charge in [0.05, 0.1) is 6.26 Å². The highest BCUT2D eigenvalue weighted by molar-refractivity contribution is 5.96. The van der Waals surface area contributed by atoms with Crippen molar-refractivity contribution in [1.29, 1.82) is 0 Å². The summed E-state index contributed by atoms with van der Waals surface area (Å²) in [5.41, 5.74) is 0.298. The van der Waals surface area contributed by atoms with Crippen LogP contribution in [0, 0.1) is 0 Å². The third-order valence-electron chi connectivity index (χ3n) is 1.79. The Morgan fingerprint density at radius 2 is 2.11 bits per heavy atom. The highest BCUT2D eigenvalue weighted by Gasteiger charge is 2.29. The zero-order chi connectivity index (χ0) is 13.8. The second-order valence-electron chi connectivity index (χ2n) is 3.32. The average molecular weight is 262 g/mol. The zero-order valence-electron chi connectivity index (χ0n) is 9.28. The summed E-state index contributed by atoms with van der Waals surface area (Å²) in [4.78, 5) is 22.0. The van der Waals surface area contributed by atoms with Gasteiger partial charge in [-0.1, -0.05) is 0 Å². The van der Waals surface area contributed by atoms with E-state index < -0.39 is 18.8 Å². The average Bonchev–Trinajstić information content (AvgIpc) is 2.70. The first-order chi connectivity index (χ1) is 8.29. The van der Waals surface area contributed by atoms with Crippen molar-refractivity contribution in [3.05, 3.63) is 29.7 Å². The summed E-state index contributed by atoms with van der Waals surface area (Å²) in [6, 6.07) is 1.41. The van der Waals surface area contributed by atoms with Crippen LogP contribution in [0.15, 0.2) is 22.8 Å². The molecule has 1 heterocycles. The molecule has 0 radical (unpaired) electrons. The number of furan rings is 1. The molecule has 0 fully saturated rings. The number of alkyl halides is 3. The van der Waals surface area contributed by atoms with Crippen LogP contribution in [-0.2, 0) is 9.53 Å². The van der Waals surface area contributed by atoms with E-state index in [1.165, 1.54) is 19.3 Å². The Labute approximate surface area is 100 Å². The Morgan fingerprint density at radius 3 is 2.67 bits per heavy atom. The van der Waals surface area contributed by atoms with Gasteiger partial charge in [-0.15, -0.1) is 0 Å². The third-order valence-corrected chi connectivity index (χ3v) is 1.79. The van der Waals surface area contributed by atoms with Gasteiger partial charge in [0, 0.05) is 18.6 Å². The molecule has 0 aliphatic carbocycles. The lowest BCUT2D eigenvalue weighted by Crippen LogP contribution is -2.19. The number of carbonyl (C=O) groups is 2. The van der Waals surface area contributed by atoms with E-state index in [0.29, 0.717) is 5.56 Å². The van der Waals surface area contributed by atoms with Crippen LogP contribution in [0.5, 0.6) is 0 Å². The van der Waals surface area contributed by atoms with E-state index in [4.69, 9.17) is 4.42 Å². The molecule has 0 unspecified atom stereocenters. The van der Waals surface area contributed by atoms with Crippen LogP contribution in [0.2, 0.25) is 0 Å². The summed E-state index contributed by atoms with van der Waals surface area (Å²) in [6.07, 6.45) is -1.39. The number of halogens is 3. The van der Waals surface area contributed by atoms with Gasteiger partial charge in [-0.05, 0) is 12.1 Å². The van der Waals surface area contributed by atoms with Gasteiger partial charge in [0.15, 0.2) is 18.2 Å². The maximum absolute atomic E-state index is 11.7. The smallest absolute Gasteiger partial charge is 0.422 e. The summed E-state index contributed by atoms with van der Waals surface area (Å²) < 4.78 is 44.0. The molecule has 18 heavy (non-hydrogen) atoms. The maximum atomic E-state index is 11.7. The van der Waals surface area contributed by atoms with Crippen LogP contribution in [-0.4, -0.2) is 24.5 Å². The van der Waals surface area contributed by atoms with Crippen molar-refractivity contribution in [1.82, 2.24) is 0 Å². The van der Waals surface area contributed by atoms with Crippen molar-refractivity contribution in [2.24, 2.45) is 0 Å². The Bertz CT molecular complexity index is 471. The predicted octanol–water partition coefficient (Wildman–Crippen LogP) is 2.60. The summed E-state index contributed by atoms with van der Waals surface area (Å²) in [5, 5.41) is 0. The first-order valence-corrected chi connectivity index (χ1v) is 4.79. The van der Waals surface area contributed by atoms with Crippen molar-refractivity contribution >= 4 is 17.8 Å². The fraction of sp³-hybridized carbons (Fsp3) is 0.273. The number of esters is 1. The highest BCUT2D eigenvalue weighted by atomic mass is 19.4. The molecule has 0 N–H and O–H groups in total. The lowest BCUT2D eigenvalue weighted by molar-refractivity contribution is -0.182. The normalized spacial score (nSPS) is 11.8. The number of hydrogen-bond acceptors (Lipinski definition) is 4. The van der Waals surface area contributed by atoms with E-state index in [1.807, 2.05) is 0 Å². The molecule has 98 valence electrons. The van der Waals surface area contributed by atoms with Gasteiger partial charge in [0.1, 0.15) is 0 Å². The molecular formula is C11H9F3O4. The van der Waals surface area contributed by atoms with E-state index in [2.05, 4.69) is 4.74 Å². The van der Waals surface area contributed by atoms with Gasteiger partial charge < -0.3 is 9.15 Å². The van der Waals surface area contributed by atoms with Gasteiger partial charge >= 0.3 is 12.1 Å². The number of ether oxygens (including phenoxy) is 1. The van der Waals surface area contributed by atoms with Crippen molar-refractivity contribution in [3.63, 3.8) is 0 Å². The standard InChI is InChI=1S/C11H9F3O4/c1-7(15)10-8(4-5-17-10)2-3-9(16)18-6-11(12,13)14/h2-5H,6H2,1H3/b3-2+. The molecule has 0 aliphatic heterocycles. The number of carbonyl (C=O) groups excluding carboxylic acids is 2. The lowest BCUT2D eigenvalue weighted by Gasteiger charge is -2.05. The van der Waals surface area contributed by atoms with E-state index in [0.717, 1.165) is 12.2 Å². The van der Waals surface area contributed by atoms with Gasteiger partial charge in [0.2, 0.25) is 0 Å². The molecule has 4 nitrogen and oxygen atoms in total. The first-order valence-electron chi connectivity index (χ1n) is 4.79. The Kier molecular flexibility index (Phi) is 4.30. The monoisotopic (exact) mass is 262 g/mol. The largest absolute Gasteiger partial charge is 0.461 e. The van der Waals surface area contributed by atoms with E-state index in [-0.39, 0.29) is 11.5 Å². The quantitative estimate of drug-likeness (QED) is 0.475. The summed E-state index contributed by atoms with van der Waals surface area (Å²) in [6.45, 7) is -0.390. The molecule has 1 rings (SSSR count). The molecule has 0 aliphatic rings. The fourth-order valence-corrected chi connectivity index (χ4v) is 1.10. The van der Waals surface area contributed by atoms with Crippen molar-refractivity contribution in [3.8, 4) is 0 Å². The van der Waals surface area contributed by atoms with Crippen LogP contribution in [0.1, 0.15) is 23.0 Å². The molecule has 0 saturated heterocycles. The van der Waals surface area contributed by atoms with Crippen LogP contribution in [0.3, 0.4) is 0 Å². The predicted molar refractivity (Wildman–Crippen MR) is 54.8 cm³/mol. The fourth-order valence-electron chi connectivity index (χ4n) is 1.10. The topological polar surface area (TPSA) is 56.5 Å². The summed E-state index contributed by atoms with van der Waals surface area (Å²) in [5.74, 6) is -1.48. The van der Waals surface area contributed by atoms with Gasteiger partial charge in [0.25, 0.3) is 0 Å². The molecule has 0 bridgehead atoms. The number of hydrogen-bond donors (Lipinski definition) is 0. The van der Waals surface area contributed by atoms with Gasteiger partial charge in [-0.2, -0.15) is 13.2 Å². The van der Waals surface area contributed by atoms with E-state index >= 15 is 0 Å². The van der Waals surface area contributed by atoms with Crippen LogP contribution in [0.25, 0.3) is 6.08 Å². The minimum Gasteiger partial charge on any atom is -0.461 e. The molecule has 0 saturated carbocycles. The van der Waals surface area contributed by atoms with Crippen LogP contribution >= 0.6 is 0 Å². The molecule has 0 amide bonds. The molecule has 0 aromatic carbocycles. The molecular weight excluding hydrogens is 253 g/mol. The molecule has 0 atom stereocenters. The Hall–Kier alpha value is -2.05. The minimum atomic E-state index is -4.57. The van der Waals surface area contributed by atoms with Crippen molar-refractivity contribution in [2.75, 3.05) is 6.61 Å². The van der Waals surface area contributed by atoms with Crippen LogP contribution < -0.4 is 0 Å². The first kappa shape index (κ1) is 14.0. The Balaban J connectivity index is 2.61. The maximum Gasteiger partial charge on any atom is 0.422 e. The van der Waals surface area contributed by atoms with E-state index in [1.54, 1.807) is 0 Å². The minimum absolute atomic E-state index is 0.0230. The zero-order valence-corrected chi connectivity index (χ0v) is 9.28. The van der Waals surface area contributed by atoms with Crippen molar-refractivity contribution < 1.29 is 31.9 Å². The number of ketones is 1. The van der Waals surface area contributed by atoms with Crippen molar-refractivity contribution in [2.45, 2.75) is 13.1 Å².